The first-order valence-electron chi connectivity index (χ1n) is 8.37. The van der Waals surface area contributed by atoms with E-state index >= 15 is 0 Å². The summed E-state index contributed by atoms with van der Waals surface area (Å²) in [5.41, 5.74) is 0. The van der Waals surface area contributed by atoms with Gasteiger partial charge < -0.3 is 14.5 Å². The molecule has 3 fully saturated rings. The molecular formula is C17H26N2O2. The number of furan rings is 1. The fourth-order valence-corrected chi connectivity index (χ4v) is 3.45. The lowest BCUT2D eigenvalue weighted by atomic mass is 10.0. The van der Waals surface area contributed by atoms with Gasteiger partial charge in [0, 0.05) is 25.0 Å². The van der Waals surface area contributed by atoms with E-state index < -0.39 is 0 Å². The van der Waals surface area contributed by atoms with Crippen molar-refractivity contribution in [3.05, 3.63) is 23.7 Å². The van der Waals surface area contributed by atoms with Crippen molar-refractivity contribution in [1.82, 2.24) is 10.2 Å². The molecule has 4 unspecified atom stereocenters. The van der Waals surface area contributed by atoms with Crippen LogP contribution in [-0.4, -0.2) is 43.8 Å². The molecule has 21 heavy (non-hydrogen) atoms. The van der Waals surface area contributed by atoms with Crippen molar-refractivity contribution >= 4 is 0 Å². The Kier molecular flexibility index (Phi) is 3.56. The highest BCUT2D eigenvalue weighted by atomic mass is 16.5. The van der Waals surface area contributed by atoms with Crippen LogP contribution in [0.25, 0.3) is 0 Å². The van der Waals surface area contributed by atoms with Gasteiger partial charge in [0.2, 0.25) is 0 Å². The monoisotopic (exact) mass is 290 g/mol. The normalized spacial score (nSPS) is 36.9. The van der Waals surface area contributed by atoms with Gasteiger partial charge in [-0.25, -0.2) is 0 Å². The largest absolute Gasteiger partial charge is 0.464 e. The van der Waals surface area contributed by atoms with Crippen molar-refractivity contribution in [1.29, 1.82) is 0 Å². The van der Waals surface area contributed by atoms with Crippen molar-refractivity contribution < 1.29 is 9.15 Å². The molecule has 4 atom stereocenters. The van der Waals surface area contributed by atoms with Crippen molar-refractivity contribution in [3.8, 4) is 0 Å². The van der Waals surface area contributed by atoms with Gasteiger partial charge in [0.1, 0.15) is 11.5 Å². The Hall–Kier alpha value is -0.840. The summed E-state index contributed by atoms with van der Waals surface area (Å²) in [5, 5.41) is 3.60. The highest BCUT2D eigenvalue weighted by molar-refractivity contribution is 5.20. The van der Waals surface area contributed by atoms with Gasteiger partial charge in [-0.05, 0) is 44.4 Å². The molecule has 4 rings (SSSR count). The first-order chi connectivity index (χ1) is 10.2. The fraction of sp³-hybridized carbons (Fsp3) is 0.765. The van der Waals surface area contributed by atoms with Crippen LogP contribution in [0.3, 0.4) is 0 Å². The van der Waals surface area contributed by atoms with Crippen molar-refractivity contribution in [2.24, 2.45) is 5.92 Å². The summed E-state index contributed by atoms with van der Waals surface area (Å²) in [6.07, 6.45) is 4.10. The topological polar surface area (TPSA) is 37.6 Å². The maximum absolute atomic E-state index is 6.19. The SMILES string of the molecule is CC1CC1c1ccc(C2C(CNC3CC3)OCCN2C)o1. The Morgan fingerprint density at radius 1 is 1.29 bits per heavy atom. The quantitative estimate of drug-likeness (QED) is 0.904. The van der Waals surface area contributed by atoms with Crippen LogP contribution in [-0.2, 0) is 4.74 Å². The van der Waals surface area contributed by atoms with Crippen molar-refractivity contribution in [2.75, 3.05) is 26.7 Å². The average Bonchev–Trinajstić information content (AvgIpc) is 3.38. The number of morpholine rings is 1. The minimum atomic E-state index is 0.194. The highest BCUT2D eigenvalue weighted by Gasteiger charge is 2.39. The molecule has 3 aliphatic rings. The lowest BCUT2D eigenvalue weighted by molar-refractivity contribution is -0.0679. The van der Waals surface area contributed by atoms with Crippen LogP contribution in [0.15, 0.2) is 16.5 Å². The Morgan fingerprint density at radius 2 is 2.05 bits per heavy atom. The predicted octanol–water partition coefficient (Wildman–Crippen LogP) is 2.53. The number of rotatable bonds is 5. The summed E-state index contributed by atoms with van der Waals surface area (Å²) < 4.78 is 12.2. The van der Waals surface area contributed by atoms with Gasteiger partial charge in [-0.2, -0.15) is 0 Å². The van der Waals surface area contributed by atoms with E-state index in [4.69, 9.17) is 9.15 Å². The molecule has 2 aliphatic carbocycles. The van der Waals surface area contributed by atoms with Crippen LogP contribution in [0, 0.1) is 5.92 Å². The van der Waals surface area contributed by atoms with E-state index in [-0.39, 0.29) is 12.1 Å². The molecule has 1 aromatic rings. The minimum Gasteiger partial charge on any atom is -0.464 e. The van der Waals surface area contributed by atoms with E-state index in [1.54, 1.807) is 0 Å². The first kappa shape index (κ1) is 13.8. The molecule has 4 heteroatoms. The molecule has 0 spiro atoms. The van der Waals surface area contributed by atoms with Crippen LogP contribution in [0.4, 0.5) is 0 Å². The lowest BCUT2D eigenvalue weighted by Crippen LogP contribution is -2.47. The molecular weight excluding hydrogens is 264 g/mol. The predicted molar refractivity (Wildman–Crippen MR) is 81.4 cm³/mol. The third-order valence-electron chi connectivity index (χ3n) is 5.20. The summed E-state index contributed by atoms with van der Waals surface area (Å²) in [7, 11) is 2.18. The van der Waals surface area contributed by atoms with Gasteiger partial charge in [0.15, 0.2) is 0 Å². The van der Waals surface area contributed by atoms with E-state index in [2.05, 4.69) is 36.3 Å². The standard InChI is InChI=1S/C17H26N2O2/c1-11-9-13(11)14-5-6-15(21-14)17-16(10-18-12-3-4-12)20-8-7-19(17)2/h5-6,11-13,16-18H,3-4,7-10H2,1-2H3. The number of hydrogen-bond donors (Lipinski definition) is 1. The van der Waals surface area contributed by atoms with E-state index in [1.165, 1.54) is 25.0 Å². The molecule has 1 aromatic heterocycles. The summed E-state index contributed by atoms with van der Waals surface area (Å²) in [4.78, 5) is 2.38. The second kappa shape index (κ2) is 5.41. The molecule has 4 nitrogen and oxygen atoms in total. The van der Waals surface area contributed by atoms with Crippen LogP contribution in [0.5, 0.6) is 0 Å². The van der Waals surface area contributed by atoms with Gasteiger partial charge >= 0.3 is 0 Å². The molecule has 0 radical (unpaired) electrons. The number of nitrogens with one attached hydrogen (secondary N) is 1. The summed E-state index contributed by atoms with van der Waals surface area (Å²) in [5.74, 6) is 3.69. The van der Waals surface area contributed by atoms with Gasteiger partial charge in [0.05, 0.1) is 18.8 Å². The maximum atomic E-state index is 6.19. The molecule has 116 valence electrons. The second-order valence-electron chi connectivity index (χ2n) is 7.08. The molecule has 1 saturated heterocycles. The highest BCUT2D eigenvalue weighted by Crippen LogP contribution is 2.48. The maximum Gasteiger partial charge on any atom is 0.124 e. The second-order valence-corrected chi connectivity index (χ2v) is 7.08. The zero-order valence-corrected chi connectivity index (χ0v) is 13.0. The van der Waals surface area contributed by atoms with Gasteiger partial charge in [-0.15, -0.1) is 0 Å². The smallest absolute Gasteiger partial charge is 0.124 e. The van der Waals surface area contributed by atoms with Gasteiger partial charge in [-0.3, -0.25) is 4.90 Å². The van der Waals surface area contributed by atoms with Crippen LogP contribution in [0.2, 0.25) is 0 Å². The van der Waals surface area contributed by atoms with Crippen molar-refractivity contribution in [3.63, 3.8) is 0 Å². The number of nitrogens with zero attached hydrogens (tertiary/aromatic N) is 1. The molecule has 1 aliphatic heterocycles. The fourth-order valence-electron chi connectivity index (χ4n) is 3.45. The zero-order valence-electron chi connectivity index (χ0n) is 13.0. The van der Waals surface area contributed by atoms with E-state index in [0.717, 1.165) is 37.4 Å². The van der Waals surface area contributed by atoms with E-state index in [1.807, 2.05) is 0 Å². The number of ether oxygens (including phenoxy) is 1. The van der Waals surface area contributed by atoms with Crippen LogP contribution >= 0.6 is 0 Å². The molecule has 2 heterocycles. The van der Waals surface area contributed by atoms with Gasteiger partial charge in [-0.1, -0.05) is 6.92 Å². The Balaban J connectivity index is 1.48. The Labute approximate surface area is 126 Å². The summed E-state index contributed by atoms with van der Waals surface area (Å²) in [6, 6.07) is 5.31. The Bertz CT molecular complexity index is 497. The molecule has 1 N–H and O–H groups in total. The average molecular weight is 290 g/mol. The van der Waals surface area contributed by atoms with Gasteiger partial charge in [0.25, 0.3) is 0 Å². The summed E-state index contributed by atoms with van der Waals surface area (Å²) >= 11 is 0. The zero-order chi connectivity index (χ0) is 14.4. The first-order valence-corrected chi connectivity index (χ1v) is 8.37. The van der Waals surface area contributed by atoms with Crippen LogP contribution in [0.1, 0.15) is 49.7 Å². The minimum absolute atomic E-state index is 0.194. The summed E-state index contributed by atoms with van der Waals surface area (Å²) in [6.45, 7) is 5.01. The Morgan fingerprint density at radius 3 is 2.76 bits per heavy atom. The van der Waals surface area contributed by atoms with Crippen LogP contribution < -0.4 is 5.32 Å². The third kappa shape index (κ3) is 2.89. The van der Waals surface area contributed by atoms with E-state index in [0.29, 0.717) is 5.92 Å². The molecule has 0 amide bonds. The molecule has 0 aromatic carbocycles. The molecule has 2 saturated carbocycles. The lowest BCUT2D eigenvalue weighted by Gasteiger charge is -2.38. The number of likely N-dealkylation sites (N-methyl/N-ethyl adjacent to an activating group) is 1. The van der Waals surface area contributed by atoms with E-state index in [9.17, 15) is 0 Å². The molecule has 0 bridgehead atoms. The number of hydrogen-bond acceptors (Lipinski definition) is 4. The van der Waals surface area contributed by atoms with Crippen molar-refractivity contribution in [2.45, 2.75) is 50.3 Å². The third-order valence-corrected chi connectivity index (χ3v) is 5.20.